The molecular formula is C20H24Cl2N2O2. The molecule has 140 valence electrons. The van der Waals surface area contributed by atoms with E-state index in [1.54, 1.807) is 23.1 Å². The molecule has 0 radical (unpaired) electrons. The highest BCUT2D eigenvalue weighted by atomic mass is 35.5. The summed E-state index contributed by atoms with van der Waals surface area (Å²) < 4.78 is 0. The molecule has 0 spiro atoms. The van der Waals surface area contributed by atoms with E-state index in [0.717, 1.165) is 25.7 Å². The number of benzene rings is 1. The Bertz CT molecular complexity index is 718. The van der Waals surface area contributed by atoms with Crippen LogP contribution in [0.15, 0.2) is 29.8 Å². The summed E-state index contributed by atoms with van der Waals surface area (Å²) in [6.07, 6.45) is 9.47. The monoisotopic (exact) mass is 394 g/mol. The van der Waals surface area contributed by atoms with Gasteiger partial charge in [0, 0.05) is 18.1 Å². The molecule has 1 N–H and O–H groups in total. The van der Waals surface area contributed by atoms with Crippen molar-refractivity contribution in [1.29, 1.82) is 0 Å². The van der Waals surface area contributed by atoms with Crippen LogP contribution >= 0.6 is 23.2 Å². The third-order valence-electron chi connectivity index (χ3n) is 5.11. The number of amides is 2. The number of rotatable bonds is 5. The maximum Gasteiger partial charge on any atom is 0.256 e. The third-order valence-corrected chi connectivity index (χ3v) is 5.67. The Labute approximate surface area is 164 Å². The average molecular weight is 395 g/mol. The fourth-order valence-electron chi connectivity index (χ4n) is 3.69. The first kappa shape index (κ1) is 19.2. The van der Waals surface area contributed by atoms with Gasteiger partial charge in [0.1, 0.15) is 6.04 Å². The van der Waals surface area contributed by atoms with Gasteiger partial charge in [0.05, 0.1) is 10.6 Å². The van der Waals surface area contributed by atoms with E-state index in [-0.39, 0.29) is 11.8 Å². The largest absolute Gasteiger partial charge is 0.354 e. The molecule has 1 aliphatic carbocycles. The van der Waals surface area contributed by atoms with Gasteiger partial charge in [-0.2, -0.15) is 0 Å². The summed E-state index contributed by atoms with van der Waals surface area (Å²) in [7, 11) is 0. The number of nitrogens with one attached hydrogen (secondary N) is 1. The van der Waals surface area contributed by atoms with Crippen LogP contribution in [0, 0.1) is 0 Å². The normalized spacial score (nSPS) is 20.0. The molecule has 2 amide bonds. The summed E-state index contributed by atoms with van der Waals surface area (Å²) in [6.45, 7) is 1.19. The highest BCUT2D eigenvalue weighted by Crippen LogP contribution is 2.26. The van der Waals surface area contributed by atoms with Crippen LogP contribution in [0.3, 0.4) is 0 Å². The average Bonchev–Trinajstić information content (AvgIpc) is 3.14. The van der Waals surface area contributed by atoms with Crippen molar-refractivity contribution in [2.75, 3.05) is 13.1 Å². The van der Waals surface area contributed by atoms with Crippen LogP contribution in [0.1, 0.15) is 55.3 Å². The van der Waals surface area contributed by atoms with Crippen LogP contribution < -0.4 is 5.32 Å². The zero-order valence-electron chi connectivity index (χ0n) is 14.8. The molecule has 2 aliphatic rings. The third kappa shape index (κ3) is 4.60. The van der Waals surface area contributed by atoms with Crippen molar-refractivity contribution in [1.82, 2.24) is 10.2 Å². The summed E-state index contributed by atoms with van der Waals surface area (Å²) >= 11 is 12.1. The first-order valence-electron chi connectivity index (χ1n) is 9.28. The van der Waals surface area contributed by atoms with Crippen molar-refractivity contribution in [3.05, 3.63) is 45.5 Å². The molecule has 1 heterocycles. The van der Waals surface area contributed by atoms with E-state index in [1.165, 1.54) is 18.4 Å². The highest BCUT2D eigenvalue weighted by molar-refractivity contribution is 6.35. The molecule has 1 saturated heterocycles. The highest BCUT2D eigenvalue weighted by Gasteiger charge is 2.35. The van der Waals surface area contributed by atoms with E-state index in [1.807, 2.05) is 0 Å². The Kier molecular flexibility index (Phi) is 6.60. The van der Waals surface area contributed by atoms with Crippen LogP contribution in [0.5, 0.6) is 0 Å². The van der Waals surface area contributed by atoms with E-state index in [4.69, 9.17) is 23.2 Å². The number of allylic oxidation sites excluding steroid dienone is 1. The Morgan fingerprint density at radius 2 is 2.04 bits per heavy atom. The number of nitrogens with zero attached hydrogens (tertiary/aromatic N) is 1. The lowest BCUT2D eigenvalue weighted by Gasteiger charge is -2.24. The van der Waals surface area contributed by atoms with Gasteiger partial charge in [0.25, 0.3) is 5.91 Å². The van der Waals surface area contributed by atoms with Gasteiger partial charge in [-0.3, -0.25) is 9.59 Å². The van der Waals surface area contributed by atoms with Gasteiger partial charge in [-0.05, 0) is 63.1 Å². The predicted molar refractivity (Wildman–Crippen MR) is 105 cm³/mol. The fraction of sp³-hybridized carbons (Fsp3) is 0.500. The summed E-state index contributed by atoms with van der Waals surface area (Å²) in [4.78, 5) is 27.1. The lowest BCUT2D eigenvalue weighted by molar-refractivity contribution is -0.124. The van der Waals surface area contributed by atoms with E-state index in [0.29, 0.717) is 35.1 Å². The van der Waals surface area contributed by atoms with E-state index >= 15 is 0 Å². The maximum atomic E-state index is 12.8. The minimum Gasteiger partial charge on any atom is -0.354 e. The SMILES string of the molecule is O=C(NCCC1=CCCCC1)C1CCCN1C(=O)c1cc(Cl)ccc1Cl. The second kappa shape index (κ2) is 8.92. The summed E-state index contributed by atoms with van der Waals surface area (Å²) in [5.74, 6) is -0.310. The topological polar surface area (TPSA) is 49.4 Å². The Morgan fingerprint density at radius 1 is 1.19 bits per heavy atom. The van der Waals surface area contributed by atoms with Gasteiger partial charge < -0.3 is 10.2 Å². The molecule has 0 aromatic heterocycles. The van der Waals surface area contributed by atoms with Crippen molar-refractivity contribution >= 4 is 35.0 Å². The Morgan fingerprint density at radius 3 is 2.81 bits per heavy atom. The molecule has 1 fully saturated rings. The molecule has 26 heavy (non-hydrogen) atoms. The minimum atomic E-state index is -0.433. The molecule has 1 atom stereocenters. The van der Waals surface area contributed by atoms with Gasteiger partial charge >= 0.3 is 0 Å². The number of halogens is 2. The maximum absolute atomic E-state index is 12.8. The van der Waals surface area contributed by atoms with Gasteiger partial charge in [-0.25, -0.2) is 0 Å². The quantitative estimate of drug-likeness (QED) is 0.741. The van der Waals surface area contributed by atoms with Gasteiger partial charge in [0.2, 0.25) is 5.91 Å². The van der Waals surface area contributed by atoms with Crippen LogP contribution in [-0.2, 0) is 4.79 Å². The Hall–Kier alpha value is -1.52. The molecule has 0 saturated carbocycles. The molecule has 1 unspecified atom stereocenters. The first-order valence-corrected chi connectivity index (χ1v) is 10.0. The van der Waals surface area contributed by atoms with E-state index in [9.17, 15) is 9.59 Å². The van der Waals surface area contributed by atoms with Crippen molar-refractivity contribution < 1.29 is 9.59 Å². The lowest BCUT2D eigenvalue weighted by atomic mass is 9.97. The van der Waals surface area contributed by atoms with Gasteiger partial charge in [-0.1, -0.05) is 34.9 Å². The van der Waals surface area contributed by atoms with Crippen LogP contribution in [0.4, 0.5) is 0 Å². The number of carbonyl (C=O) groups is 2. The van der Waals surface area contributed by atoms with Gasteiger partial charge in [0.15, 0.2) is 0 Å². The van der Waals surface area contributed by atoms with E-state index in [2.05, 4.69) is 11.4 Å². The first-order chi connectivity index (χ1) is 12.6. The lowest BCUT2D eigenvalue weighted by Crippen LogP contribution is -2.46. The number of carbonyl (C=O) groups excluding carboxylic acids is 2. The number of likely N-dealkylation sites (tertiary alicyclic amines) is 1. The standard InChI is InChI=1S/C20H24Cl2N2O2/c21-15-8-9-17(22)16(13-15)20(26)24-12-4-7-18(24)19(25)23-11-10-14-5-2-1-3-6-14/h5,8-9,13,18H,1-4,6-7,10-12H2,(H,23,25). The summed E-state index contributed by atoms with van der Waals surface area (Å²) in [6, 6.07) is 4.39. The summed E-state index contributed by atoms with van der Waals surface area (Å²) in [5.41, 5.74) is 1.79. The number of hydrogen-bond acceptors (Lipinski definition) is 2. The zero-order valence-corrected chi connectivity index (χ0v) is 16.3. The molecule has 6 heteroatoms. The van der Waals surface area contributed by atoms with Gasteiger partial charge in [-0.15, -0.1) is 0 Å². The van der Waals surface area contributed by atoms with Crippen molar-refractivity contribution in [2.45, 2.75) is 51.0 Å². The minimum absolute atomic E-state index is 0.0783. The molecule has 0 bridgehead atoms. The molecule has 1 aromatic carbocycles. The Balaban J connectivity index is 1.60. The molecular weight excluding hydrogens is 371 g/mol. The van der Waals surface area contributed by atoms with Crippen LogP contribution in [0.2, 0.25) is 10.0 Å². The predicted octanol–water partition coefficient (Wildman–Crippen LogP) is 4.60. The molecule has 1 aromatic rings. The number of hydrogen-bond donors (Lipinski definition) is 1. The van der Waals surface area contributed by atoms with Crippen molar-refractivity contribution in [3.8, 4) is 0 Å². The van der Waals surface area contributed by atoms with Crippen molar-refractivity contribution in [2.24, 2.45) is 0 Å². The van der Waals surface area contributed by atoms with E-state index < -0.39 is 6.04 Å². The smallest absolute Gasteiger partial charge is 0.256 e. The van der Waals surface area contributed by atoms with Crippen molar-refractivity contribution in [3.63, 3.8) is 0 Å². The summed E-state index contributed by atoms with van der Waals surface area (Å²) in [5, 5.41) is 3.81. The second-order valence-corrected chi connectivity index (χ2v) is 7.77. The molecule has 3 rings (SSSR count). The zero-order chi connectivity index (χ0) is 18.5. The molecule has 4 nitrogen and oxygen atoms in total. The fourth-order valence-corrected chi connectivity index (χ4v) is 4.06. The molecule has 1 aliphatic heterocycles. The second-order valence-electron chi connectivity index (χ2n) is 6.93. The van der Waals surface area contributed by atoms with Crippen LogP contribution in [0.25, 0.3) is 0 Å². The van der Waals surface area contributed by atoms with Crippen LogP contribution in [-0.4, -0.2) is 35.8 Å².